The normalized spacial score (nSPS) is 24.6. The highest BCUT2D eigenvalue weighted by Crippen LogP contribution is 2.63. The molecule has 2 fully saturated rings. The molecule has 1 amide bonds. The van der Waals surface area contributed by atoms with E-state index < -0.39 is 38.6 Å². The van der Waals surface area contributed by atoms with Gasteiger partial charge in [0.15, 0.2) is 5.70 Å². The van der Waals surface area contributed by atoms with E-state index in [1.165, 1.54) is 52.7 Å². The minimum Gasteiger partial charge on any atom is -0.477 e. The lowest BCUT2D eigenvalue weighted by Gasteiger charge is -2.54. The standard InChI is InChI=1S/C26H26N4O8S2/c1-2-20(31)21-23(32)28-22(24(33)34)25(40-26(21,28)13-15-3-5-17(6-4-15)29(35)36)39-19-11-12-27(14-19)16-7-9-18(10-8-16)30(37)38/h3-10,19-21,31H,2,11-14H2,1H3,(H,33,34)/t19?,20-,21+,26+/m0/s1. The second kappa shape index (κ2) is 10.7. The van der Waals surface area contributed by atoms with Crippen LogP contribution >= 0.6 is 23.5 Å². The summed E-state index contributed by atoms with van der Waals surface area (Å²) in [6, 6.07) is 12.2. The molecule has 0 aliphatic carbocycles. The predicted octanol–water partition coefficient (Wildman–Crippen LogP) is 3.98. The van der Waals surface area contributed by atoms with Crippen LogP contribution < -0.4 is 4.90 Å². The Kier molecular flexibility index (Phi) is 7.50. The maximum atomic E-state index is 13.3. The number of fused-ring (bicyclic) bond motifs is 1. The fourth-order valence-corrected chi connectivity index (χ4v) is 9.11. The number of aliphatic carboxylic acids is 1. The summed E-state index contributed by atoms with van der Waals surface area (Å²) in [6.45, 7) is 3.03. The van der Waals surface area contributed by atoms with Crippen LogP contribution in [0.2, 0.25) is 0 Å². The average Bonchev–Trinajstić information content (AvgIpc) is 3.50. The number of benzene rings is 2. The van der Waals surface area contributed by atoms with E-state index in [4.69, 9.17) is 0 Å². The van der Waals surface area contributed by atoms with E-state index in [0.717, 1.165) is 12.1 Å². The topological polar surface area (TPSA) is 167 Å². The van der Waals surface area contributed by atoms with Gasteiger partial charge in [-0.15, -0.1) is 11.8 Å². The van der Waals surface area contributed by atoms with E-state index in [9.17, 15) is 40.0 Å². The number of carboxylic acids is 1. The summed E-state index contributed by atoms with van der Waals surface area (Å²) in [7, 11) is 0. The van der Waals surface area contributed by atoms with Gasteiger partial charge in [-0.2, -0.15) is 0 Å². The summed E-state index contributed by atoms with van der Waals surface area (Å²) in [5, 5.41) is 43.1. The molecule has 2 saturated heterocycles. The Bertz CT molecular complexity index is 1400. The molecule has 12 nitrogen and oxygen atoms in total. The van der Waals surface area contributed by atoms with Crippen LogP contribution in [-0.4, -0.2) is 66.2 Å². The molecule has 14 heteroatoms. The molecule has 2 aromatic rings. The highest BCUT2D eigenvalue weighted by molar-refractivity contribution is 8.23. The Morgan fingerprint density at radius 2 is 1.73 bits per heavy atom. The maximum absolute atomic E-state index is 13.3. The SMILES string of the molecule is CC[C@H](O)[C@@H]1C(=O)N2C(C(=O)O)=C(SC3CCN(c4ccc([N+](=O)[O-])cc4)C3)S[C@]12Cc1ccc([N+](=O)[O-])cc1. The van der Waals surface area contributed by atoms with Gasteiger partial charge in [0.05, 0.1) is 26.1 Å². The van der Waals surface area contributed by atoms with Crippen LogP contribution in [0.4, 0.5) is 17.1 Å². The zero-order chi connectivity index (χ0) is 28.8. The molecule has 0 radical (unpaired) electrons. The van der Waals surface area contributed by atoms with Crippen LogP contribution in [0.25, 0.3) is 0 Å². The van der Waals surface area contributed by atoms with Gasteiger partial charge in [-0.3, -0.25) is 29.9 Å². The largest absolute Gasteiger partial charge is 0.477 e. The predicted molar refractivity (Wildman–Crippen MR) is 150 cm³/mol. The van der Waals surface area contributed by atoms with Crippen LogP contribution in [0.5, 0.6) is 0 Å². The second-order valence-corrected chi connectivity index (χ2v) is 12.8. The maximum Gasteiger partial charge on any atom is 0.354 e. The number of aliphatic hydroxyl groups is 1. The van der Waals surface area contributed by atoms with Gasteiger partial charge < -0.3 is 15.1 Å². The number of carbonyl (C=O) groups is 2. The lowest BCUT2D eigenvalue weighted by Crippen LogP contribution is -2.71. The molecule has 3 aliphatic heterocycles. The van der Waals surface area contributed by atoms with Crippen molar-refractivity contribution < 1.29 is 29.6 Å². The van der Waals surface area contributed by atoms with Gasteiger partial charge in [-0.25, -0.2) is 4.79 Å². The zero-order valence-corrected chi connectivity index (χ0v) is 23.0. The van der Waals surface area contributed by atoms with Crippen LogP contribution in [-0.2, 0) is 16.0 Å². The summed E-state index contributed by atoms with van der Waals surface area (Å²) in [6.07, 6.45) is 0.287. The fraction of sp³-hybridized carbons (Fsp3) is 0.385. The number of carbonyl (C=O) groups excluding carboxylic acids is 1. The van der Waals surface area contributed by atoms with Gasteiger partial charge in [0.25, 0.3) is 11.4 Å². The smallest absolute Gasteiger partial charge is 0.354 e. The Hall–Kier alpha value is -3.62. The summed E-state index contributed by atoms with van der Waals surface area (Å²) in [4.78, 5) is 49.2. The molecular formula is C26H26N4O8S2. The lowest BCUT2D eigenvalue weighted by atomic mass is 9.77. The number of amides is 1. The van der Waals surface area contributed by atoms with Crippen molar-refractivity contribution in [3.8, 4) is 0 Å². The molecule has 0 saturated carbocycles. The number of hydrogen-bond acceptors (Lipinski definition) is 10. The number of aliphatic hydroxyl groups excluding tert-OH is 1. The molecule has 2 aromatic carbocycles. The minimum atomic E-state index is -1.23. The van der Waals surface area contributed by atoms with Crippen molar-refractivity contribution in [2.24, 2.45) is 5.92 Å². The van der Waals surface area contributed by atoms with Gasteiger partial charge in [-0.05, 0) is 30.5 Å². The van der Waals surface area contributed by atoms with Crippen molar-refractivity contribution in [3.63, 3.8) is 0 Å². The van der Waals surface area contributed by atoms with E-state index in [1.807, 2.05) is 0 Å². The molecule has 0 spiro atoms. The van der Waals surface area contributed by atoms with Crippen molar-refractivity contribution in [1.82, 2.24) is 4.90 Å². The first-order valence-electron chi connectivity index (χ1n) is 12.6. The Balaban J connectivity index is 1.39. The van der Waals surface area contributed by atoms with Gasteiger partial charge in [0.2, 0.25) is 5.91 Å². The van der Waals surface area contributed by atoms with Crippen LogP contribution in [0.1, 0.15) is 25.3 Å². The molecule has 3 aliphatic rings. The molecule has 4 atom stereocenters. The van der Waals surface area contributed by atoms with Crippen LogP contribution in [0.3, 0.4) is 0 Å². The number of carboxylic acid groups (broad SMARTS) is 1. The minimum absolute atomic E-state index is 0.00353. The number of β-lactam (4-membered cyclic amide) rings is 1. The van der Waals surface area contributed by atoms with E-state index >= 15 is 0 Å². The van der Waals surface area contributed by atoms with Gasteiger partial charge in [0, 0.05) is 54.7 Å². The third-order valence-corrected chi connectivity index (χ3v) is 10.5. The fourth-order valence-electron chi connectivity index (χ4n) is 5.51. The quantitative estimate of drug-likeness (QED) is 0.235. The number of anilines is 1. The van der Waals surface area contributed by atoms with Gasteiger partial charge >= 0.3 is 5.97 Å². The molecule has 40 heavy (non-hydrogen) atoms. The molecule has 2 N–H and O–H groups in total. The van der Waals surface area contributed by atoms with Crippen LogP contribution in [0.15, 0.2) is 58.5 Å². The number of hydrogen-bond donors (Lipinski definition) is 2. The van der Waals surface area contributed by atoms with Gasteiger partial charge in [-0.1, -0.05) is 30.8 Å². The first-order chi connectivity index (χ1) is 19.1. The number of nitrogens with zero attached hydrogens (tertiary/aromatic N) is 4. The highest BCUT2D eigenvalue weighted by atomic mass is 32.2. The van der Waals surface area contributed by atoms with Crippen molar-refractivity contribution in [2.75, 3.05) is 18.0 Å². The zero-order valence-electron chi connectivity index (χ0n) is 21.3. The molecule has 5 rings (SSSR count). The molecule has 0 aromatic heterocycles. The molecule has 0 bridgehead atoms. The first-order valence-corrected chi connectivity index (χ1v) is 14.3. The van der Waals surface area contributed by atoms with E-state index in [1.54, 1.807) is 31.2 Å². The summed E-state index contributed by atoms with van der Waals surface area (Å²) in [5.41, 5.74) is 1.34. The number of non-ortho nitro benzene ring substituents is 2. The Morgan fingerprint density at radius 1 is 1.12 bits per heavy atom. The number of thioether (sulfide) groups is 2. The summed E-state index contributed by atoms with van der Waals surface area (Å²) in [5.74, 6) is -2.51. The summed E-state index contributed by atoms with van der Waals surface area (Å²) < 4.78 is 0.490. The van der Waals surface area contributed by atoms with Gasteiger partial charge in [0.1, 0.15) is 4.87 Å². The number of nitro benzene ring substituents is 2. The van der Waals surface area contributed by atoms with E-state index in [2.05, 4.69) is 4.90 Å². The number of nitro groups is 2. The van der Waals surface area contributed by atoms with Crippen molar-refractivity contribution in [1.29, 1.82) is 0 Å². The molecule has 210 valence electrons. The van der Waals surface area contributed by atoms with Crippen molar-refractivity contribution >= 4 is 52.5 Å². The Morgan fingerprint density at radius 3 is 2.27 bits per heavy atom. The van der Waals surface area contributed by atoms with Crippen LogP contribution in [0, 0.1) is 26.1 Å². The van der Waals surface area contributed by atoms with E-state index in [-0.39, 0.29) is 28.7 Å². The van der Waals surface area contributed by atoms with Crippen molar-refractivity contribution in [2.45, 2.75) is 42.4 Å². The summed E-state index contributed by atoms with van der Waals surface area (Å²) >= 11 is 2.66. The molecule has 3 heterocycles. The average molecular weight is 587 g/mol. The number of rotatable bonds is 10. The third kappa shape index (κ3) is 4.80. The highest BCUT2D eigenvalue weighted by Gasteiger charge is 2.68. The second-order valence-electron chi connectivity index (χ2n) is 9.86. The Labute approximate surface area is 237 Å². The molecule has 1 unspecified atom stereocenters. The lowest BCUT2D eigenvalue weighted by molar-refractivity contribution is -0.385. The van der Waals surface area contributed by atoms with Crippen molar-refractivity contribution in [3.05, 3.63) is 84.3 Å². The van der Waals surface area contributed by atoms with E-state index in [0.29, 0.717) is 29.3 Å². The monoisotopic (exact) mass is 586 g/mol. The third-order valence-electron chi connectivity index (χ3n) is 7.49. The first kappa shape index (κ1) is 27.9. The molecular weight excluding hydrogens is 560 g/mol.